The summed E-state index contributed by atoms with van der Waals surface area (Å²) < 4.78 is 18.1. The first kappa shape index (κ1) is 49.6. The number of fused-ring (bicyclic) bond motifs is 3. The molecule has 3 saturated heterocycles. The SMILES string of the molecule is COC(=O)[C@@H](NC(=O)N1C(=O)[C@@]2(c3cc(C#CCNC(N)=O)ccc31)[C@H](c1ccccc1OCCO)N1[C@H](c3ccccc3)[C@H](c3ccccc3)OC(=O)[C@H]1[C@@H]2C(=O)N1CCN(c2ncccn2)CC1)C(C)C. The van der Waals surface area contributed by atoms with Gasteiger partial charge in [0.05, 0.1) is 44.0 Å². The molecule has 19 heteroatoms. The van der Waals surface area contributed by atoms with E-state index in [0.29, 0.717) is 41.3 Å². The number of methoxy groups -OCH3 is 1. The number of cyclic esters (lactones) is 1. The maximum Gasteiger partial charge on any atom is 0.329 e. The summed E-state index contributed by atoms with van der Waals surface area (Å²) in [7, 11) is 1.19. The molecule has 0 saturated carbocycles. The van der Waals surface area contributed by atoms with Crippen LogP contribution in [0.25, 0.3) is 0 Å². The minimum absolute atomic E-state index is 0.0578. The first-order valence-electron chi connectivity index (χ1n) is 24.0. The second-order valence-electron chi connectivity index (χ2n) is 18.3. The zero-order valence-corrected chi connectivity index (χ0v) is 40.4. The van der Waals surface area contributed by atoms with Crippen LogP contribution in [0.3, 0.4) is 0 Å². The number of carbonyl (C=O) groups is 6. The fourth-order valence-electron chi connectivity index (χ4n) is 10.8. The standard InChI is InChI=1S/C54H55N9O10/c1-33(2)42(48(66)71-3)59-53(70)62-39-22-21-34(14-12-23-56-51(55)69)32-38(39)54(50(62)68)41(47(65)60-26-28-61(29-27-60)52-57-24-13-25-58-52)44-49(67)73-45(36-17-8-5-9-18-36)43(35-15-6-4-7-16-35)63(44)46(54)37-19-10-11-20-40(37)72-31-30-64/h4-11,13,15-22,24-25,32-33,41-46,64H,23,26-31H2,1-3H3,(H,59,70)(H3,55,56,69)/t41-,42+,43-,44-,45+,46+,54-/m1/s1. The molecule has 4 aliphatic rings. The highest BCUT2D eigenvalue weighted by Crippen LogP contribution is 2.67. The molecule has 73 heavy (non-hydrogen) atoms. The molecule has 0 aliphatic carbocycles. The van der Waals surface area contributed by atoms with E-state index in [4.69, 9.17) is 19.9 Å². The van der Waals surface area contributed by atoms with E-state index >= 15 is 19.2 Å². The average molecular weight is 990 g/mol. The summed E-state index contributed by atoms with van der Waals surface area (Å²) in [5, 5.41) is 15.4. The highest BCUT2D eigenvalue weighted by atomic mass is 16.6. The van der Waals surface area contributed by atoms with Gasteiger partial charge in [-0.2, -0.15) is 0 Å². The number of urea groups is 2. The van der Waals surface area contributed by atoms with E-state index in [-0.39, 0.29) is 49.8 Å². The number of ether oxygens (including phenoxy) is 3. The number of carbonyl (C=O) groups excluding carboxylic acids is 6. The Morgan fingerprint density at radius 1 is 0.877 bits per heavy atom. The predicted molar refractivity (Wildman–Crippen MR) is 265 cm³/mol. The second kappa shape index (κ2) is 21.2. The van der Waals surface area contributed by atoms with E-state index in [2.05, 4.69) is 32.4 Å². The number of hydrogen-bond donors (Lipinski definition) is 4. The van der Waals surface area contributed by atoms with E-state index in [9.17, 15) is 14.7 Å². The maximum absolute atomic E-state index is 16.9. The Balaban J connectivity index is 1.34. The van der Waals surface area contributed by atoms with Crippen molar-refractivity contribution < 1.29 is 48.1 Å². The lowest BCUT2D eigenvalue weighted by atomic mass is 9.64. The van der Waals surface area contributed by atoms with Crippen LogP contribution in [0, 0.1) is 23.7 Å². The van der Waals surface area contributed by atoms with Gasteiger partial charge in [0.15, 0.2) is 0 Å². The number of nitrogens with one attached hydrogen (secondary N) is 2. The molecule has 4 aromatic carbocycles. The molecule has 5 aromatic rings. The van der Waals surface area contributed by atoms with E-state index in [0.717, 1.165) is 4.90 Å². The van der Waals surface area contributed by atoms with Crippen LogP contribution in [0.5, 0.6) is 5.75 Å². The van der Waals surface area contributed by atoms with Crippen LogP contribution in [-0.2, 0) is 34.1 Å². The first-order chi connectivity index (χ1) is 35.4. The molecule has 5 N–H and O–H groups in total. The number of para-hydroxylation sites is 1. The van der Waals surface area contributed by atoms with Crippen LogP contribution in [0.1, 0.15) is 59.9 Å². The summed E-state index contributed by atoms with van der Waals surface area (Å²) in [4.78, 5) is 104. The molecule has 1 aromatic heterocycles. The van der Waals surface area contributed by atoms with Crippen LogP contribution in [0.15, 0.2) is 122 Å². The van der Waals surface area contributed by atoms with Gasteiger partial charge >= 0.3 is 24.0 Å². The Morgan fingerprint density at radius 3 is 2.21 bits per heavy atom. The van der Waals surface area contributed by atoms with Crippen molar-refractivity contribution in [1.82, 2.24) is 30.4 Å². The summed E-state index contributed by atoms with van der Waals surface area (Å²) in [5.74, 6) is 1.53. The van der Waals surface area contributed by atoms with Gasteiger partial charge in [-0.05, 0) is 52.9 Å². The number of aromatic nitrogens is 2. The molecule has 9 rings (SSSR count). The zero-order valence-electron chi connectivity index (χ0n) is 40.4. The smallest absolute Gasteiger partial charge is 0.329 e. The molecule has 3 fully saturated rings. The molecule has 4 aliphatic heterocycles. The topological polar surface area (TPSA) is 239 Å². The van der Waals surface area contributed by atoms with Crippen molar-refractivity contribution in [3.05, 3.63) is 149 Å². The third kappa shape index (κ3) is 9.15. The summed E-state index contributed by atoms with van der Waals surface area (Å²) in [6.07, 6.45) is 2.26. The molecule has 5 heterocycles. The van der Waals surface area contributed by atoms with Gasteiger partial charge in [0.2, 0.25) is 17.8 Å². The van der Waals surface area contributed by atoms with Gasteiger partial charge in [-0.3, -0.25) is 19.3 Å². The molecule has 0 radical (unpaired) electrons. The number of imide groups is 1. The lowest BCUT2D eigenvalue weighted by Crippen LogP contribution is -2.60. The van der Waals surface area contributed by atoms with E-state index in [1.54, 1.807) is 73.6 Å². The van der Waals surface area contributed by atoms with Crippen molar-refractivity contribution in [2.75, 3.05) is 62.8 Å². The van der Waals surface area contributed by atoms with Crippen LogP contribution in [0.2, 0.25) is 0 Å². The number of benzene rings is 4. The van der Waals surface area contributed by atoms with Crippen molar-refractivity contribution in [1.29, 1.82) is 0 Å². The average Bonchev–Trinajstić information content (AvgIpc) is 3.87. The molecule has 19 nitrogen and oxygen atoms in total. The van der Waals surface area contributed by atoms with E-state index in [1.165, 1.54) is 13.2 Å². The van der Waals surface area contributed by atoms with Crippen molar-refractivity contribution in [2.24, 2.45) is 17.6 Å². The quantitative estimate of drug-likeness (QED) is 0.103. The van der Waals surface area contributed by atoms with Crippen molar-refractivity contribution in [3.63, 3.8) is 0 Å². The van der Waals surface area contributed by atoms with Crippen molar-refractivity contribution in [3.8, 4) is 17.6 Å². The van der Waals surface area contributed by atoms with Gasteiger partial charge in [0.1, 0.15) is 36.0 Å². The Morgan fingerprint density at radius 2 is 1.55 bits per heavy atom. The number of nitrogens with two attached hydrogens (primary N) is 1. The number of nitrogens with zero attached hydrogens (tertiary/aromatic N) is 6. The number of rotatable bonds is 12. The fourth-order valence-corrected chi connectivity index (χ4v) is 10.8. The summed E-state index contributed by atoms with van der Waals surface area (Å²) in [6, 6.07) is 25.2. The lowest BCUT2D eigenvalue weighted by molar-refractivity contribution is -0.179. The van der Waals surface area contributed by atoms with Gasteiger partial charge in [0.25, 0.3) is 0 Å². The van der Waals surface area contributed by atoms with Gasteiger partial charge in [-0.1, -0.05) is 105 Å². The minimum atomic E-state index is -2.20. The predicted octanol–water partition coefficient (Wildman–Crippen LogP) is 3.79. The Kier molecular flexibility index (Phi) is 14.4. The number of amides is 6. The third-order valence-electron chi connectivity index (χ3n) is 13.9. The van der Waals surface area contributed by atoms with Crippen LogP contribution in [-0.4, -0.2) is 126 Å². The Hall–Kier alpha value is -8.34. The number of esters is 2. The van der Waals surface area contributed by atoms with Gasteiger partial charge in [-0.25, -0.2) is 29.3 Å². The number of primary amides is 1. The van der Waals surface area contributed by atoms with Gasteiger partial charge in [-0.15, -0.1) is 0 Å². The maximum atomic E-state index is 16.9. The molecular weight excluding hydrogens is 935 g/mol. The van der Waals surface area contributed by atoms with Crippen LogP contribution in [0.4, 0.5) is 21.2 Å². The highest BCUT2D eigenvalue weighted by molar-refractivity contribution is 6.25. The number of hydrogen-bond acceptors (Lipinski definition) is 14. The number of morpholine rings is 1. The summed E-state index contributed by atoms with van der Waals surface area (Å²) >= 11 is 0. The summed E-state index contributed by atoms with van der Waals surface area (Å²) in [5.41, 5.74) is 5.39. The van der Waals surface area contributed by atoms with Crippen molar-refractivity contribution >= 4 is 47.5 Å². The molecule has 1 spiro atoms. The second-order valence-corrected chi connectivity index (χ2v) is 18.3. The molecule has 0 unspecified atom stereocenters. The number of aliphatic hydroxyl groups is 1. The zero-order chi connectivity index (χ0) is 51.4. The number of aliphatic hydroxyl groups excluding tert-OH is 1. The molecule has 376 valence electrons. The van der Waals surface area contributed by atoms with Crippen LogP contribution >= 0.6 is 0 Å². The third-order valence-corrected chi connectivity index (χ3v) is 13.9. The molecule has 6 amide bonds. The normalized spacial score (nSPS) is 22.6. The van der Waals surface area contributed by atoms with Crippen LogP contribution < -0.4 is 30.9 Å². The lowest BCUT2D eigenvalue weighted by Gasteiger charge is -2.46. The Labute approximate surface area is 421 Å². The largest absolute Gasteiger partial charge is 0.491 e. The van der Waals surface area contributed by atoms with Gasteiger partial charge < -0.3 is 45.5 Å². The van der Waals surface area contributed by atoms with E-state index < -0.39 is 83.3 Å². The number of anilines is 2. The summed E-state index contributed by atoms with van der Waals surface area (Å²) in [6.45, 7) is 3.67. The number of piperazine rings is 1. The molecular formula is C54H55N9O10. The monoisotopic (exact) mass is 989 g/mol. The molecule has 0 bridgehead atoms. The first-order valence-corrected chi connectivity index (χ1v) is 24.0. The minimum Gasteiger partial charge on any atom is -0.491 e. The van der Waals surface area contributed by atoms with Gasteiger partial charge in [0, 0.05) is 49.7 Å². The molecule has 7 atom stereocenters. The Bertz CT molecular complexity index is 2950. The fraction of sp³-hybridized carbons (Fsp3) is 0.333. The van der Waals surface area contributed by atoms with E-state index in [1.807, 2.05) is 70.5 Å². The highest BCUT2D eigenvalue weighted by Gasteiger charge is 2.76. The van der Waals surface area contributed by atoms with Crippen molar-refractivity contribution in [2.45, 2.75) is 49.5 Å².